The summed E-state index contributed by atoms with van der Waals surface area (Å²) < 4.78 is 30.0. The van der Waals surface area contributed by atoms with Gasteiger partial charge >= 0.3 is 13.6 Å². The highest BCUT2D eigenvalue weighted by Gasteiger charge is 2.48. The number of anilines is 2. The monoisotopic (exact) mass is 517 g/mol. The molecule has 0 bridgehead atoms. The molecule has 0 aliphatic carbocycles. The number of aromatic nitrogens is 4. The smallest absolute Gasteiger partial charge is 0.373 e. The van der Waals surface area contributed by atoms with E-state index in [4.69, 9.17) is 4.74 Å². The number of aromatic hydroxyl groups is 1. The summed E-state index contributed by atoms with van der Waals surface area (Å²) in [5, 5.41) is 20.1. The number of benzene rings is 2. The van der Waals surface area contributed by atoms with Gasteiger partial charge in [0.25, 0.3) is 5.08 Å². The van der Waals surface area contributed by atoms with Crippen molar-refractivity contribution in [3.8, 4) is 11.8 Å². The first-order valence-electron chi connectivity index (χ1n) is 10.2. The Bertz CT molecular complexity index is 1420. The van der Waals surface area contributed by atoms with Gasteiger partial charge < -0.3 is 34.6 Å². The molecule has 4 rings (SSSR count). The minimum atomic E-state index is -5.12. The number of ether oxygens (including phenoxy) is 1. The second-order valence-corrected chi connectivity index (χ2v) is 10.5. The summed E-state index contributed by atoms with van der Waals surface area (Å²) in [5.74, 6) is 0.511. The summed E-state index contributed by atoms with van der Waals surface area (Å²) in [4.78, 5) is 31.9. The number of methoxy groups -OCH3 is 1. The summed E-state index contributed by atoms with van der Waals surface area (Å²) in [6, 6.07) is 12.4. The molecular formula is C21H21N5O7P2. The fourth-order valence-corrected chi connectivity index (χ4v) is 4.58. The van der Waals surface area contributed by atoms with Crippen molar-refractivity contribution >= 4 is 38.7 Å². The van der Waals surface area contributed by atoms with Crippen LogP contribution in [0.2, 0.25) is 0 Å². The molecule has 0 aliphatic rings. The van der Waals surface area contributed by atoms with Gasteiger partial charge in [-0.05, 0) is 36.2 Å². The first-order chi connectivity index (χ1) is 16.6. The number of aryl methyl sites for hydroxylation is 2. The lowest BCUT2D eigenvalue weighted by molar-refractivity contribution is 0.168. The Balaban J connectivity index is 1.62. The minimum absolute atomic E-state index is 0.0942. The lowest BCUT2D eigenvalue weighted by Gasteiger charge is -2.22. The van der Waals surface area contributed by atoms with E-state index in [-0.39, 0.29) is 17.3 Å². The second kappa shape index (κ2) is 9.69. The van der Waals surface area contributed by atoms with Crippen LogP contribution in [-0.4, -0.2) is 46.6 Å². The average molecular weight is 517 g/mol. The minimum Gasteiger partial charge on any atom is -0.508 e. The molecule has 1 unspecified atom stereocenters. The van der Waals surface area contributed by atoms with Crippen LogP contribution in [0.25, 0.3) is 11.2 Å². The molecule has 0 radical (unpaired) electrons. The van der Waals surface area contributed by atoms with E-state index in [9.17, 15) is 29.1 Å². The van der Waals surface area contributed by atoms with E-state index in [1.165, 1.54) is 31.4 Å². The molecule has 0 aliphatic heterocycles. The zero-order chi connectivity index (χ0) is 25.2. The molecule has 2 heterocycles. The molecule has 0 saturated carbocycles. The van der Waals surface area contributed by atoms with E-state index < -0.39 is 21.1 Å². The SMILES string of the molecule is COc1nc(Nc2ccc(C(O)(P=O)P(=O)(O)O)cc2)c2ncn(CCc3cccc(O)c3)c2n1. The van der Waals surface area contributed by atoms with Gasteiger partial charge in [-0.2, -0.15) is 9.97 Å². The summed E-state index contributed by atoms with van der Waals surface area (Å²) in [6.45, 7) is 0.531. The van der Waals surface area contributed by atoms with Crippen LogP contribution in [0.4, 0.5) is 11.5 Å². The number of hydrogen-bond donors (Lipinski definition) is 5. The number of rotatable bonds is 9. The third-order valence-corrected chi connectivity index (χ3v) is 7.86. The molecular weight excluding hydrogens is 496 g/mol. The number of fused-ring (bicyclic) bond motifs is 1. The number of aliphatic hydroxyl groups is 1. The Hall–Kier alpha value is -3.40. The molecule has 0 spiro atoms. The molecule has 0 saturated heterocycles. The van der Waals surface area contributed by atoms with E-state index in [0.29, 0.717) is 35.6 Å². The van der Waals surface area contributed by atoms with Crippen LogP contribution in [0, 0.1) is 0 Å². The standard InChI is InChI=1S/C21H21N5O7P2/c1-33-20-24-18(23-15-7-5-14(6-8-15)21(28,34-29)35(30,31)32)17-19(25-20)26(12-22-17)10-9-13-3-2-4-16(27)11-13/h2-8,11-12,27-28H,9-10H2,1H3,(H,23,24,25)(H2,30,31,32). The average Bonchev–Trinajstić information content (AvgIpc) is 3.25. The van der Waals surface area contributed by atoms with Crippen LogP contribution in [0.15, 0.2) is 54.9 Å². The van der Waals surface area contributed by atoms with Crippen LogP contribution < -0.4 is 10.1 Å². The Labute approximate surface area is 200 Å². The fraction of sp³-hybridized carbons (Fsp3) is 0.190. The van der Waals surface area contributed by atoms with E-state index in [1.54, 1.807) is 24.5 Å². The highest BCUT2D eigenvalue weighted by molar-refractivity contribution is 7.62. The van der Waals surface area contributed by atoms with E-state index in [0.717, 1.165) is 5.56 Å². The number of hydrogen-bond acceptors (Lipinski definition) is 9. The molecule has 0 fully saturated rings. The predicted octanol–water partition coefficient (Wildman–Crippen LogP) is 3.10. The number of nitrogens with zero attached hydrogens (tertiary/aromatic N) is 4. The summed E-state index contributed by atoms with van der Waals surface area (Å²) in [7, 11) is -4.81. The molecule has 182 valence electrons. The van der Waals surface area contributed by atoms with Gasteiger partial charge in [0.2, 0.25) is 8.46 Å². The molecule has 0 amide bonds. The van der Waals surface area contributed by atoms with Crippen LogP contribution >= 0.6 is 16.1 Å². The van der Waals surface area contributed by atoms with Crippen molar-refractivity contribution in [3.63, 3.8) is 0 Å². The summed E-state index contributed by atoms with van der Waals surface area (Å²) >= 11 is 0. The van der Waals surface area contributed by atoms with E-state index in [2.05, 4.69) is 20.3 Å². The van der Waals surface area contributed by atoms with Crippen LogP contribution in [-0.2, 0) is 27.2 Å². The van der Waals surface area contributed by atoms with Gasteiger partial charge in [0.1, 0.15) is 5.75 Å². The number of nitrogens with one attached hydrogen (secondary N) is 1. The zero-order valence-electron chi connectivity index (χ0n) is 18.3. The molecule has 35 heavy (non-hydrogen) atoms. The zero-order valence-corrected chi connectivity index (χ0v) is 20.1. The third-order valence-electron chi connectivity index (χ3n) is 5.25. The molecule has 12 nitrogen and oxygen atoms in total. The normalized spacial score (nSPS) is 13.6. The number of imidazole rings is 1. The topological polar surface area (TPSA) is 180 Å². The number of phenols is 1. The highest BCUT2D eigenvalue weighted by Crippen LogP contribution is 2.61. The van der Waals surface area contributed by atoms with Crippen LogP contribution in [0.1, 0.15) is 11.1 Å². The fourth-order valence-electron chi connectivity index (χ4n) is 3.42. The van der Waals surface area contributed by atoms with Gasteiger partial charge in [-0.3, -0.25) is 9.13 Å². The summed E-state index contributed by atoms with van der Waals surface area (Å²) in [5.41, 5.74) is 2.15. The van der Waals surface area contributed by atoms with Gasteiger partial charge in [-0.15, -0.1) is 0 Å². The van der Waals surface area contributed by atoms with E-state index >= 15 is 0 Å². The number of phenolic OH excluding ortho intramolecular Hbond substituents is 1. The maximum Gasteiger partial charge on any atom is 0.373 e. The Kier molecular flexibility index (Phi) is 6.84. The second-order valence-electron chi connectivity index (χ2n) is 7.56. The maximum atomic E-state index is 11.6. The molecule has 5 N–H and O–H groups in total. The first kappa shape index (κ1) is 24.7. The Morgan fingerprint density at radius 3 is 2.54 bits per heavy atom. The van der Waals surface area contributed by atoms with Gasteiger partial charge in [0.15, 0.2) is 17.0 Å². The van der Waals surface area contributed by atoms with E-state index in [1.807, 2.05) is 10.6 Å². The summed E-state index contributed by atoms with van der Waals surface area (Å²) in [6.07, 6.45) is 2.24. The maximum absolute atomic E-state index is 11.6. The molecule has 4 aromatic rings. The molecule has 14 heteroatoms. The quantitative estimate of drug-likeness (QED) is 0.206. The van der Waals surface area contributed by atoms with Crippen molar-refractivity contribution in [1.29, 1.82) is 0 Å². The molecule has 2 aromatic heterocycles. The molecule has 1 atom stereocenters. The van der Waals surface area contributed by atoms with Crippen LogP contribution in [0.5, 0.6) is 11.8 Å². The predicted molar refractivity (Wildman–Crippen MR) is 127 cm³/mol. The van der Waals surface area contributed by atoms with Gasteiger partial charge in [0, 0.05) is 17.8 Å². The van der Waals surface area contributed by atoms with Crippen molar-refractivity contribution in [2.75, 3.05) is 12.4 Å². The van der Waals surface area contributed by atoms with Crippen molar-refractivity contribution in [3.05, 3.63) is 66.0 Å². The van der Waals surface area contributed by atoms with Gasteiger partial charge in [-0.1, -0.05) is 24.3 Å². The lowest BCUT2D eigenvalue weighted by atomic mass is 10.1. The van der Waals surface area contributed by atoms with Crippen molar-refractivity contribution < 1.29 is 33.9 Å². The van der Waals surface area contributed by atoms with Crippen molar-refractivity contribution in [2.45, 2.75) is 18.0 Å². The first-order valence-corrected chi connectivity index (χ1v) is 12.6. The Morgan fingerprint density at radius 2 is 1.91 bits per heavy atom. The van der Waals surface area contributed by atoms with Crippen molar-refractivity contribution in [1.82, 2.24) is 19.5 Å². The van der Waals surface area contributed by atoms with Crippen LogP contribution in [0.3, 0.4) is 0 Å². The highest BCUT2D eigenvalue weighted by atomic mass is 31.2. The van der Waals surface area contributed by atoms with Gasteiger partial charge in [0.05, 0.1) is 13.4 Å². The Morgan fingerprint density at radius 1 is 1.17 bits per heavy atom. The van der Waals surface area contributed by atoms with Crippen molar-refractivity contribution in [2.24, 2.45) is 0 Å². The lowest BCUT2D eigenvalue weighted by Crippen LogP contribution is -2.18. The van der Waals surface area contributed by atoms with Gasteiger partial charge in [-0.25, -0.2) is 4.98 Å². The molecule has 2 aromatic carbocycles. The third kappa shape index (κ3) is 5.02. The largest absolute Gasteiger partial charge is 0.508 e.